The van der Waals surface area contributed by atoms with Crippen molar-refractivity contribution in [1.82, 2.24) is 10.6 Å². The largest absolute Gasteiger partial charge is 0.355 e. The highest BCUT2D eigenvalue weighted by molar-refractivity contribution is 8.13. The standard InChI is InChI=1S/C16H28N2O5S/c1-11(19)24-9-8-17-12(20)6-7-18-14(21)13-15(2,3)10-22-16(4,5)23-13/h13H,6-10H2,1-5H3,(H,17,20)(H,18,21)/t13-/m0/s1. The number of thioether (sulfide) groups is 1. The van der Waals surface area contributed by atoms with E-state index in [0.29, 0.717) is 18.9 Å². The lowest BCUT2D eigenvalue weighted by Crippen LogP contribution is -2.56. The summed E-state index contributed by atoms with van der Waals surface area (Å²) in [4.78, 5) is 34.8. The molecule has 1 atom stereocenters. The minimum atomic E-state index is -0.802. The molecule has 2 N–H and O–H groups in total. The summed E-state index contributed by atoms with van der Waals surface area (Å²) in [5.41, 5.74) is -0.439. The summed E-state index contributed by atoms with van der Waals surface area (Å²) in [6.07, 6.45) is -0.444. The van der Waals surface area contributed by atoms with E-state index in [0.717, 1.165) is 0 Å². The molecule has 0 radical (unpaired) electrons. The fourth-order valence-electron chi connectivity index (χ4n) is 2.19. The van der Waals surface area contributed by atoms with E-state index in [2.05, 4.69) is 10.6 Å². The second-order valence-electron chi connectivity index (χ2n) is 6.91. The number of rotatable bonds is 7. The number of carbonyl (C=O) groups is 3. The lowest BCUT2D eigenvalue weighted by molar-refractivity contribution is -0.304. The summed E-state index contributed by atoms with van der Waals surface area (Å²) in [5, 5.41) is 5.48. The summed E-state index contributed by atoms with van der Waals surface area (Å²) < 4.78 is 11.3. The number of ether oxygens (including phenoxy) is 2. The molecule has 1 saturated heterocycles. The number of carbonyl (C=O) groups excluding carboxylic acids is 3. The van der Waals surface area contributed by atoms with Crippen molar-refractivity contribution in [1.29, 1.82) is 0 Å². The van der Waals surface area contributed by atoms with Gasteiger partial charge in [-0.25, -0.2) is 0 Å². The molecule has 0 aromatic carbocycles. The summed E-state index contributed by atoms with van der Waals surface area (Å²) in [7, 11) is 0. The SMILES string of the molecule is CC(=O)SCCNC(=O)CCNC(=O)[C@@H]1OC(C)(C)OCC1(C)C. The Bertz CT molecular complexity index is 479. The van der Waals surface area contributed by atoms with Crippen LogP contribution in [-0.2, 0) is 23.9 Å². The molecule has 24 heavy (non-hydrogen) atoms. The van der Waals surface area contributed by atoms with Crippen LogP contribution in [0.15, 0.2) is 0 Å². The smallest absolute Gasteiger partial charge is 0.249 e. The molecule has 0 aliphatic carbocycles. The van der Waals surface area contributed by atoms with E-state index in [1.807, 2.05) is 13.8 Å². The van der Waals surface area contributed by atoms with Gasteiger partial charge >= 0.3 is 0 Å². The van der Waals surface area contributed by atoms with Gasteiger partial charge in [0, 0.05) is 37.6 Å². The van der Waals surface area contributed by atoms with Crippen molar-refractivity contribution in [2.45, 2.75) is 52.9 Å². The maximum atomic E-state index is 12.4. The van der Waals surface area contributed by atoms with Crippen LogP contribution in [0.5, 0.6) is 0 Å². The molecule has 0 spiro atoms. The van der Waals surface area contributed by atoms with Gasteiger partial charge in [-0.1, -0.05) is 25.6 Å². The zero-order valence-electron chi connectivity index (χ0n) is 15.1. The van der Waals surface area contributed by atoms with Crippen molar-refractivity contribution in [2.24, 2.45) is 5.41 Å². The Labute approximate surface area is 147 Å². The van der Waals surface area contributed by atoms with E-state index in [1.165, 1.54) is 18.7 Å². The van der Waals surface area contributed by atoms with Crippen LogP contribution in [0.4, 0.5) is 0 Å². The number of hydrogen-bond acceptors (Lipinski definition) is 6. The van der Waals surface area contributed by atoms with E-state index in [1.54, 1.807) is 13.8 Å². The molecule has 0 aromatic heterocycles. The highest BCUT2D eigenvalue weighted by atomic mass is 32.2. The van der Waals surface area contributed by atoms with E-state index in [4.69, 9.17) is 9.47 Å². The lowest BCUT2D eigenvalue weighted by atomic mass is 9.85. The molecule has 1 aliphatic rings. The minimum absolute atomic E-state index is 0.0264. The maximum Gasteiger partial charge on any atom is 0.249 e. The topological polar surface area (TPSA) is 93.7 Å². The number of hydrogen-bond donors (Lipinski definition) is 2. The summed E-state index contributed by atoms with van der Waals surface area (Å²) >= 11 is 1.17. The van der Waals surface area contributed by atoms with E-state index in [-0.39, 0.29) is 29.9 Å². The second kappa shape index (κ2) is 8.82. The molecular weight excluding hydrogens is 332 g/mol. The highest BCUT2D eigenvalue weighted by Crippen LogP contribution is 2.34. The zero-order chi connectivity index (χ0) is 18.4. The van der Waals surface area contributed by atoms with Gasteiger partial charge in [0.25, 0.3) is 0 Å². The molecule has 0 aromatic rings. The Hall–Kier alpha value is -1.12. The van der Waals surface area contributed by atoms with E-state index in [9.17, 15) is 14.4 Å². The molecule has 1 fully saturated rings. The fraction of sp³-hybridized carbons (Fsp3) is 0.812. The van der Waals surface area contributed by atoms with Crippen LogP contribution < -0.4 is 10.6 Å². The lowest BCUT2D eigenvalue weighted by Gasteiger charge is -2.44. The van der Waals surface area contributed by atoms with Gasteiger partial charge in [0.15, 0.2) is 10.9 Å². The van der Waals surface area contributed by atoms with Crippen molar-refractivity contribution in [3.05, 3.63) is 0 Å². The monoisotopic (exact) mass is 360 g/mol. The summed E-state index contributed by atoms with van der Waals surface area (Å²) in [5.74, 6) is -0.654. The molecule has 1 rings (SSSR count). The molecule has 1 heterocycles. The number of nitrogens with one attached hydrogen (secondary N) is 2. The Morgan fingerprint density at radius 1 is 1.12 bits per heavy atom. The van der Waals surface area contributed by atoms with E-state index >= 15 is 0 Å². The normalized spacial score (nSPS) is 21.8. The Morgan fingerprint density at radius 2 is 1.79 bits per heavy atom. The molecule has 0 saturated carbocycles. The van der Waals surface area contributed by atoms with Crippen molar-refractivity contribution in [3.8, 4) is 0 Å². The van der Waals surface area contributed by atoms with Gasteiger partial charge in [0.1, 0.15) is 6.10 Å². The van der Waals surface area contributed by atoms with Crippen molar-refractivity contribution < 1.29 is 23.9 Å². The van der Waals surface area contributed by atoms with Crippen molar-refractivity contribution in [3.63, 3.8) is 0 Å². The summed E-state index contributed by atoms with van der Waals surface area (Å²) in [6.45, 7) is 9.94. The Kier molecular flexibility index (Phi) is 7.69. The second-order valence-corrected chi connectivity index (χ2v) is 8.18. The van der Waals surface area contributed by atoms with Crippen molar-refractivity contribution in [2.75, 3.05) is 25.4 Å². The van der Waals surface area contributed by atoms with Crippen LogP contribution in [0.3, 0.4) is 0 Å². The molecule has 0 bridgehead atoms. The van der Waals surface area contributed by atoms with Crippen LogP contribution in [-0.4, -0.2) is 54.3 Å². The third kappa shape index (κ3) is 7.19. The first-order valence-corrected chi connectivity index (χ1v) is 9.01. The third-order valence-corrected chi connectivity index (χ3v) is 4.34. The van der Waals surface area contributed by atoms with Gasteiger partial charge in [-0.15, -0.1) is 0 Å². The van der Waals surface area contributed by atoms with Gasteiger partial charge < -0.3 is 20.1 Å². The Balaban J connectivity index is 2.32. The first-order valence-electron chi connectivity index (χ1n) is 8.03. The first-order chi connectivity index (χ1) is 11.0. The van der Waals surface area contributed by atoms with Crippen molar-refractivity contribution >= 4 is 28.7 Å². The molecule has 8 heteroatoms. The first kappa shape index (κ1) is 20.9. The maximum absolute atomic E-state index is 12.4. The van der Waals surface area contributed by atoms with E-state index < -0.39 is 17.3 Å². The molecule has 0 unspecified atom stereocenters. The van der Waals surface area contributed by atoms with Crippen LogP contribution in [0.25, 0.3) is 0 Å². The predicted octanol–water partition coefficient (Wildman–Crippen LogP) is 1.07. The molecular formula is C16H28N2O5S. The zero-order valence-corrected chi connectivity index (χ0v) is 15.9. The Morgan fingerprint density at radius 3 is 2.42 bits per heavy atom. The summed E-state index contributed by atoms with van der Waals surface area (Å²) in [6, 6.07) is 0. The predicted molar refractivity (Wildman–Crippen MR) is 92.5 cm³/mol. The van der Waals surface area contributed by atoms with Gasteiger partial charge in [-0.05, 0) is 13.8 Å². The van der Waals surface area contributed by atoms with Gasteiger partial charge in [0.05, 0.1) is 6.61 Å². The molecule has 7 nitrogen and oxygen atoms in total. The fourth-order valence-corrected chi connectivity index (χ4v) is 2.68. The minimum Gasteiger partial charge on any atom is -0.355 e. The third-order valence-electron chi connectivity index (χ3n) is 3.52. The highest BCUT2D eigenvalue weighted by Gasteiger charge is 2.45. The average molecular weight is 360 g/mol. The number of amides is 2. The molecule has 1 aliphatic heterocycles. The quantitative estimate of drug-likeness (QED) is 0.660. The average Bonchev–Trinajstić information content (AvgIpc) is 2.46. The van der Waals surface area contributed by atoms with Crippen LogP contribution in [0, 0.1) is 5.41 Å². The van der Waals surface area contributed by atoms with Gasteiger partial charge in [0.2, 0.25) is 11.8 Å². The molecule has 2 amide bonds. The van der Waals surface area contributed by atoms with Gasteiger partial charge in [-0.3, -0.25) is 14.4 Å². The van der Waals surface area contributed by atoms with Crippen LogP contribution in [0.1, 0.15) is 41.0 Å². The van der Waals surface area contributed by atoms with Gasteiger partial charge in [-0.2, -0.15) is 0 Å². The van der Waals surface area contributed by atoms with Crippen LogP contribution in [0.2, 0.25) is 0 Å². The molecule has 138 valence electrons. The van der Waals surface area contributed by atoms with Crippen LogP contribution >= 0.6 is 11.8 Å².